The molecule has 0 saturated carbocycles. The predicted octanol–water partition coefficient (Wildman–Crippen LogP) is 3.20. The van der Waals surface area contributed by atoms with Gasteiger partial charge in [-0.15, -0.1) is 10.2 Å². The smallest absolute Gasteiger partial charge is 0.338 e. The SMILES string of the molecule is CC(=O)Nc1ccc(Nc2ccccc2C(F)(F)F)nn1. The van der Waals surface area contributed by atoms with Crippen molar-refractivity contribution < 1.29 is 18.0 Å². The van der Waals surface area contributed by atoms with E-state index in [1.165, 1.54) is 37.3 Å². The summed E-state index contributed by atoms with van der Waals surface area (Å²) >= 11 is 0. The van der Waals surface area contributed by atoms with Gasteiger partial charge in [-0.1, -0.05) is 12.1 Å². The Bertz CT molecular complexity index is 641. The summed E-state index contributed by atoms with van der Waals surface area (Å²) in [5, 5.41) is 12.4. The number of rotatable bonds is 3. The maximum Gasteiger partial charge on any atom is 0.418 e. The summed E-state index contributed by atoms with van der Waals surface area (Å²) in [6.07, 6.45) is -4.47. The van der Waals surface area contributed by atoms with Crippen molar-refractivity contribution in [3.8, 4) is 0 Å². The van der Waals surface area contributed by atoms with E-state index in [9.17, 15) is 18.0 Å². The van der Waals surface area contributed by atoms with E-state index in [1.807, 2.05) is 0 Å². The molecule has 110 valence electrons. The monoisotopic (exact) mass is 296 g/mol. The molecule has 0 spiro atoms. The number of nitrogens with one attached hydrogen (secondary N) is 2. The first-order valence-electron chi connectivity index (χ1n) is 5.91. The van der Waals surface area contributed by atoms with Crippen LogP contribution in [-0.4, -0.2) is 16.1 Å². The number of benzene rings is 1. The molecule has 0 bridgehead atoms. The lowest BCUT2D eigenvalue weighted by Crippen LogP contribution is -2.10. The van der Waals surface area contributed by atoms with Gasteiger partial charge in [0.15, 0.2) is 11.6 Å². The van der Waals surface area contributed by atoms with Gasteiger partial charge in [-0.05, 0) is 24.3 Å². The van der Waals surface area contributed by atoms with Gasteiger partial charge in [0.25, 0.3) is 0 Å². The first-order chi connectivity index (χ1) is 9.86. The molecule has 1 aromatic heterocycles. The second kappa shape index (κ2) is 5.78. The Kier molecular flexibility index (Phi) is 4.06. The number of alkyl halides is 3. The van der Waals surface area contributed by atoms with E-state index in [-0.39, 0.29) is 23.2 Å². The number of amides is 1. The fourth-order valence-electron chi connectivity index (χ4n) is 1.62. The number of anilines is 3. The standard InChI is InChI=1S/C13H11F3N4O/c1-8(21)17-11-6-7-12(20-19-11)18-10-5-3-2-4-9(10)13(14,15)16/h2-7H,1H3,(H,18,20)(H,17,19,21). The van der Waals surface area contributed by atoms with E-state index in [0.29, 0.717) is 0 Å². The Morgan fingerprint density at radius 1 is 1.05 bits per heavy atom. The third-order valence-corrected chi connectivity index (χ3v) is 2.46. The van der Waals surface area contributed by atoms with Crippen molar-refractivity contribution in [3.05, 3.63) is 42.0 Å². The lowest BCUT2D eigenvalue weighted by Gasteiger charge is -2.13. The van der Waals surface area contributed by atoms with Crippen molar-refractivity contribution in [3.63, 3.8) is 0 Å². The van der Waals surface area contributed by atoms with Gasteiger partial charge < -0.3 is 10.6 Å². The van der Waals surface area contributed by atoms with Crippen LogP contribution in [0.15, 0.2) is 36.4 Å². The van der Waals surface area contributed by atoms with E-state index in [4.69, 9.17) is 0 Å². The number of halogens is 3. The molecule has 1 aromatic carbocycles. The molecule has 8 heteroatoms. The van der Waals surface area contributed by atoms with Crippen molar-refractivity contribution in [2.24, 2.45) is 0 Å². The van der Waals surface area contributed by atoms with Crippen LogP contribution in [0.5, 0.6) is 0 Å². The number of nitrogens with zero attached hydrogens (tertiary/aromatic N) is 2. The highest BCUT2D eigenvalue weighted by Crippen LogP contribution is 2.35. The van der Waals surface area contributed by atoms with Crippen molar-refractivity contribution in [2.45, 2.75) is 13.1 Å². The zero-order chi connectivity index (χ0) is 15.5. The molecular weight excluding hydrogens is 285 g/mol. The Labute approximate surface area is 118 Å². The highest BCUT2D eigenvalue weighted by atomic mass is 19.4. The lowest BCUT2D eigenvalue weighted by atomic mass is 10.1. The molecule has 0 saturated heterocycles. The van der Waals surface area contributed by atoms with Crippen LogP contribution in [0.3, 0.4) is 0 Å². The molecule has 0 aliphatic heterocycles. The molecule has 5 nitrogen and oxygen atoms in total. The van der Waals surface area contributed by atoms with Crippen molar-refractivity contribution in [2.75, 3.05) is 10.6 Å². The van der Waals surface area contributed by atoms with E-state index in [0.717, 1.165) is 6.07 Å². The first-order valence-corrected chi connectivity index (χ1v) is 5.91. The molecular formula is C13H11F3N4O. The quantitative estimate of drug-likeness (QED) is 0.912. The lowest BCUT2D eigenvalue weighted by molar-refractivity contribution is -0.136. The largest absolute Gasteiger partial charge is 0.418 e. The molecule has 0 unspecified atom stereocenters. The number of para-hydroxylation sites is 1. The summed E-state index contributed by atoms with van der Waals surface area (Å²) in [5.74, 6) is 0.0467. The van der Waals surface area contributed by atoms with E-state index in [1.54, 1.807) is 0 Å². The predicted molar refractivity (Wildman–Crippen MR) is 71.1 cm³/mol. The average molecular weight is 296 g/mol. The minimum absolute atomic E-state index is 0.119. The van der Waals surface area contributed by atoms with Gasteiger partial charge in [0.05, 0.1) is 11.3 Å². The molecule has 0 radical (unpaired) electrons. The average Bonchev–Trinajstić information content (AvgIpc) is 2.40. The second-order valence-corrected chi connectivity index (χ2v) is 4.15. The summed E-state index contributed by atoms with van der Waals surface area (Å²) in [5.41, 5.74) is -0.913. The van der Waals surface area contributed by atoms with Gasteiger partial charge in [-0.2, -0.15) is 13.2 Å². The third-order valence-electron chi connectivity index (χ3n) is 2.46. The van der Waals surface area contributed by atoms with Crippen molar-refractivity contribution >= 4 is 23.2 Å². The molecule has 2 aromatic rings. The van der Waals surface area contributed by atoms with Gasteiger partial charge in [0.2, 0.25) is 5.91 Å². The molecule has 1 heterocycles. The zero-order valence-electron chi connectivity index (χ0n) is 10.9. The minimum Gasteiger partial charge on any atom is -0.338 e. The van der Waals surface area contributed by atoms with Gasteiger partial charge >= 0.3 is 6.18 Å². The zero-order valence-corrected chi connectivity index (χ0v) is 10.9. The van der Waals surface area contributed by atoms with Gasteiger partial charge in [-0.3, -0.25) is 4.79 Å². The first kappa shape index (κ1) is 14.8. The molecule has 0 aliphatic rings. The summed E-state index contributed by atoms with van der Waals surface area (Å²) in [6, 6.07) is 7.92. The molecule has 0 atom stereocenters. The molecule has 1 amide bonds. The Balaban J connectivity index is 2.21. The van der Waals surface area contributed by atoms with Gasteiger partial charge in [0.1, 0.15) is 0 Å². The molecule has 2 rings (SSSR count). The summed E-state index contributed by atoms with van der Waals surface area (Å²) in [6.45, 7) is 1.31. The van der Waals surface area contributed by atoms with Gasteiger partial charge in [-0.25, -0.2) is 0 Å². The Morgan fingerprint density at radius 3 is 2.24 bits per heavy atom. The van der Waals surface area contributed by atoms with Crippen LogP contribution in [0.2, 0.25) is 0 Å². The maximum absolute atomic E-state index is 12.8. The van der Waals surface area contributed by atoms with Crippen LogP contribution in [0, 0.1) is 0 Å². The van der Waals surface area contributed by atoms with Crippen molar-refractivity contribution in [1.29, 1.82) is 0 Å². The summed E-state index contributed by atoms with van der Waals surface area (Å²) in [4.78, 5) is 10.8. The Morgan fingerprint density at radius 2 is 1.67 bits per heavy atom. The van der Waals surface area contributed by atoms with Crippen LogP contribution in [0.1, 0.15) is 12.5 Å². The highest BCUT2D eigenvalue weighted by molar-refractivity contribution is 5.87. The normalized spacial score (nSPS) is 11.0. The molecule has 21 heavy (non-hydrogen) atoms. The van der Waals surface area contributed by atoms with E-state index < -0.39 is 11.7 Å². The fraction of sp³-hybridized carbons (Fsp3) is 0.154. The molecule has 2 N–H and O–H groups in total. The van der Waals surface area contributed by atoms with E-state index in [2.05, 4.69) is 20.8 Å². The maximum atomic E-state index is 12.8. The summed E-state index contributed by atoms with van der Waals surface area (Å²) in [7, 11) is 0. The van der Waals surface area contributed by atoms with Crippen LogP contribution in [0.25, 0.3) is 0 Å². The number of carbonyl (C=O) groups is 1. The minimum atomic E-state index is -4.47. The van der Waals surface area contributed by atoms with Crippen LogP contribution >= 0.6 is 0 Å². The van der Waals surface area contributed by atoms with Crippen LogP contribution < -0.4 is 10.6 Å². The highest BCUT2D eigenvalue weighted by Gasteiger charge is 2.33. The third kappa shape index (κ3) is 3.91. The number of aromatic nitrogens is 2. The van der Waals surface area contributed by atoms with Crippen molar-refractivity contribution in [1.82, 2.24) is 10.2 Å². The topological polar surface area (TPSA) is 66.9 Å². The number of hydrogen-bond donors (Lipinski definition) is 2. The number of hydrogen-bond acceptors (Lipinski definition) is 4. The molecule has 0 aliphatic carbocycles. The van der Waals surface area contributed by atoms with Crippen LogP contribution in [-0.2, 0) is 11.0 Å². The fourth-order valence-corrected chi connectivity index (χ4v) is 1.62. The van der Waals surface area contributed by atoms with Crippen LogP contribution in [0.4, 0.5) is 30.5 Å². The number of carbonyl (C=O) groups excluding carboxylic acids is 1. The van der Waals surface area contributed by atoms with Gasteiger partial charge in [0, 0.05) is 6.92 Å². The van der Waals surface area contributed by atoms with E-state index >= 15 is 0 Å². The second-order valence-electron chi connectivity index (χ2n) is 4.15. The summed E-state index contributed by atoms with van der Waals surface area (Å²) < 4.78 is 38.5. The molecule has 0 fully saturated rings. The Hall–Kier alpha value is -2.64.